The summed E-state index contributed by atoms with van der Waals surface area (Å²) in [4.78, 5) is 19.5. The van der Waals surface area contributed by atoms with Gasteiger partial charge in [-0.3, -0.25) is 9.78 Å². The fourth-order valence-corrected chi connectivity index (χ4v) is 5.53. The molecule has 188 valence electrons. The van der Waals surface area contributed by atoms with E-state index in [9.17, 15) is 17.8 Å². The Hall–Kier alpha value is -4.04. The molecule has 2 aromatic heterocycles. The molecule has 0 spiro atoms. The Kier molecular flexibility index (Phi) is 6.29. The van der Waals surface area contributed by atoms with E-state index in [4.69, 9.17) is 0 Å². The molecule has 0 saturated carbocycles. The Balaban J connectivity index is 1.38. The number of halogens is 2. The van der Waals surface area contributed by atoms with Crippen LogP contribution in [0.25, 0.3) is 21.8 Å². The summed E-state index contributed by atoms with van der Waals surface area (Å²) in [7, 11) is -2.84. The number of alkyl halides is 2. The number of pyridine rings is 2. The van der Waals surface area contributed by atoms with Gasteiger partial charge >= 0.3 is 0 Å². The number of benzene rings is 3. The van der Waals surface area contributed by atoms with Gasteiger partial charge in [0.05, 0.1) is 27.1 Å². The Morgan fingerprint density at radius 3 is 2.49 bits per heavy atom. The Morgan fingerprint density at radius 2 is 1.73 bits per heavy atom. The normalized spacial score (nSPS) is 13.5. The molecule has 0 fully saturated rings. The first-order valence-electron chi connectivity index (χ1n) is 11.8. The lowest BCUT2D eigenvalue weighted by Gasteiger charge is -2.17. The standard InChI is InChI=1S/C29H25F2N3O2S/c1-3-29(30,31)25-17-28(35)33-27-13-10-20(15-24(25)27)14-19-8-11-23(12-9-19)37(2,36)34-22-16-21-6-4-5-7-26(21)32-18-22/h4-13,15-18H,2-3,14H2,1H3,(H,33,35)(H,34,36). The number of anilines is 1. The van der Waals surface area contributed by atoms with Crippen LogP contribution >= 0.6 is 0 Å². The highest BCUT2D eigenvalue weighted by Gasteiger charge is 2.31. The molecular formula is C29H25F2N3O2S. The maximum atomic E-state index is 14.5. The molecule has 37 heavy (non-hydrogen) atoms. The van der Waals surface area contributed by atoms with Gasteiger partial charge in [0.15, 0.2) is 0 Å². The van der Waals surface area contributed by atoms with Crippen molar-refractivity contribution in [3.8, 4) is 0 Å². The average Bonchev–Trinajstić information content (AvgIpc) is 2.88. The molecule has 0 aliphatic rings. The molecule has 1 atom stereocenters. The number of hydrogen-bond acceptors (Lipinski definition) is 3. The molecule has 5 nitrogen and oxygen atoms in total. The van der Waals surface area contributed by atoms with Crippen LogP contribution in [0, 0.1) is 0 Å². The summed E-state index contributed by atoms with van der Waals surface area (Å²) < 4.78 is 45.4. The predicted octanol–water partition coefficient (Wildman–Crippen LogP) is 6.27. The van der Waals surface area contributed by atoms with Gasteiger partial charge in [-0.15, -0.1) is 0 Å². The van der Waals surface area contributed by atoms with Crippen LogP contribution in [-0.4, -0.2) is 20.0 Å². The molecule has 2 heterocycles. The van der Waals surface area contributed by atoms with Crippen LogP contribution in [0.3, 0.4) is 0 Å². The first-order chi connectivity index (χ1) is 17.6. The molecule has 2 N–H and O–H groups in total. The van der Waals surface area contributed by atoms with Gasteiger partial charge in [0.1, 0.15) is 0 Å². The number of aromatic nitrogens is 2. The minimum atomic E-state index is -3.10. The van der Waals surface area contributed by atoms with E-state index in [1.807, 2.05) is 42.5 Å². The van der Waals surface area contributed by atoms with E-state index in [0.717, 1.165) is 28.1 Å². The van der Waals surface area contributed by atoms with Crippen LogP contribution < -0.4 is 10.3 Å². The smallest absolute Gasteiger partial charge is 0.273 e. The number of nitrogens with zero attached hydrogens (tertiary/aromatic N) is 1. The lowest BCUT2D eigenvalue weighted by atomic mass is 9.97. The molecule has 3 aromatic carbocycles. The summed E-state index contributed by atoms with van der Waals surface area (Å²) in [5.74, 6) is 0.798. The third kappa shape index (κ3) is 5.11. The molecule has 1 unspecified atom stereocenters. The number of hydrogen-bond donors (Lipinski definition) is 2. The van der Waals surface area contributed by atoms with E-state index in [-0.39, 0.29) is 5.56 Å². The topological polar surface area (TPSA) is 74.8 Å². The first kappa shape index (κ1) is 24.6. The summed E-state index contributed by atoms with van der Waals surface area (Å²) in [5, 5.41) is 1.26. The number of nitrogens with one attached hydrogen (secondary N) is 2. The summed E-state index contributed by atoms with van der Waals surface area (Å²) in [6.07, 6.45) is 1.71. The van der Waals surface area contributed by atoms with Crippen LogP contribution in [0.2, 0.25) is 0 Å². The summed E-state index contributed by atoms with van der Waals surface area (Å²) in [5.41, 5.74) is 2.74. The van der Waals surface area contributed by atoms with Gasteiger partial charge in [-0.25, -0.2) is 13.0 Å². The fraction of sp³-hybridized carbons (Fsp3) is 0.138. The van der Waals surface area contributed by atoms with Crippen LogP contribution in [-0.2, 0) is 22.1 Å². The number of para-hydroxylation sites is 1. The molecular weight excluding hydrogens is 492 g/mol. The van der Waals surface area contributed by atoms with Crippen molar-refractivity contribution in [2.75, 3.05) is 4.72 Å². The highest BCUT2D eigenvalue weighted by molar-refractivity contribution is 8.01. The molecule has 5 aromatic rings. The number of rotatable bonds is 7. The fourth-order valence-electron chi connectivity index (χ4n) is 4.34. The molecule has 5 rings (SSSR count). The molecule has 8 heteroatoms. The van der Waals surface area contributed by atoms with Gasteiger partial charge < -0.3 is 9.71 Å². The van der Waals surface area contributed by atoms with Gasteiger partial charge in [-0.05, 0) is 59.8 Å². The van der Waals surface area contributed by atoms with Gasteiger partial charge in [-0.1, -0.05) is 43.3 Å². The second kappa shape index (κ2) is 9.44. The molecule has 0 amide bonds. The molecule has 0 radical (unpaired) electrons. The average molecular weight is 518 g/mol. The zero-order valence-electron chi connectivity index (χ0n) is 20.1. The van der Waals surface area contributed by atoms with Crippen molar-refractivity contribution in [2.45, 2.75) is 30.6 Å². The van der Waals surface area contributed by atoms with Crippen molar-refractivity contribution in [3.05, 3.63) is 112 Å². The molecule has 0 aliphatic carbocycles. The highest BCUT2D eigenvalue weighted by Crippen LogP contribution is 2.35. The van der Waals surface area contributed by atoms with Crippen molar-refractivity contribution in [1.29, 1.82) is 0 Å². The van der Waals surface area contributed by atoms with Crippen molar-refractivity contribution in [2.24, 2.45) is 0 Å². The SMILES string of the molecule is C=S(=O)(Nc1cnc2ccccc2c1)c1ccc(Cc2ccc3[nH]c(=O)cc(C(F)(F)CC)c3c2)cc1. The highest BCUT2D eigenvalue weighted by atomic mass is 32.2. The summed E-state index contributed by atoms with van der Waals surface area (Å²) in [6, 6.07) is 22.9. The zero-order valence-corrected chi connectivity index (χ0v) is 20.9. The zero-order chi connectivity index (χ0) is 26.2. The minimum absolute atomic E-state index is 0.267. The van der Waals surface area contributed by atoms with E-state index in [0.29, 0.717) is 27.9 Å². The van der Waals surface area contributed by atoms with Gasteiger partial charge in [0, 0.05) is 39.2 Å². The Bertz CT molecular complexity index is 1780. The van der Waals surface area contributed by atoms with Crippen molar-refractivity contribution in [3.63, 3.8) is 0 Å². The summed E-state index contributed by atoms with van der Waals surface area (Å²) in [6.45, 7) is 1.39. The Labute approximate surface area is 213 Å². The Morgan fingerprint density at radius 1 is 1.00 bits per heavy atom. The van der Waals surface area contributed by atoms with Crippen LogP contribution in [0.1, 0.15) is 30.0 Å². The van der Waals surface area contributed by atoms with Gasteiger partial charge in [0.2, 0.25) is 5.56 Å². The quantitative estimate of drug-likeness (QED) is 0.250. The number of aromatic amines is 1. The lowest BCUT2D eigenvalue weighted by molar-refractivity contribution is -0.00686. The van der Waals surface area contributed by atoms with E-state index < -0.39 is 27.6 Å². The molecule has 0 bridgehead atoms. The van der Waals surface area contributed by atoms with Crippen molar-refractivity contribution < 1.29 is 13.0 Å². The predicted molar refractivity (Wildman–Crippen MR) is 147 cm³/mol. The second-order valence-electron chi connectivity index (χ2n) is 9.00. The number of H-pyrrole nitrogens is 1. The maximum Gasteiger partial charge on any atom is 0.273 e. The van der Waals surface area contributed by atoms with Crippen molar-refractivity contribution >= 4 is 43.1 Å². The van der Waals surface area contributed by atoms with Crippen LogP contribution in [0.15, 0.2) is 94.7 Å². The lowest BCUT2D eigenvalue weighted by Crippen LogP contribution is -2.17. The number of fused-ring (bicyclic) bond motifs is 2. The first-order valence-corrected chi connectivity index (χ1v) is 13.5. The third-order valence-electron chi connectivity index (χ3n) is 6.33. The second-order valence-corrected chi connectivity index (χ2v) is 11.0. The maximum absolute atomic E-state index is 14.5. The minimum Gasteiger partial charge on any atom is -0.322 e. The molecule has 0 saturated heterocycles. The summed E-state index contributed by atoms with van der Waals surface area (Å²) >= 11 is 0. The van der Waals surface area contributed by atoms with Gasteiger partial charge in [-0.2, -0.15) is 0 Å². The van der Waals surface area contributed by atoms with Gasteiger partial charge in [0.25, 0.3) is 5.92 Å². The van der Waals surface area contributed by atoms with Crippen LogP contribution in [0.4, 0.5) is 14.5 Å². The monoisotopic (exact) mass is 517 g/mol. The molecule has 0 aliphatic heterocycles. The van der Waals surface area contributed by atoms with Crippen molar-refractivity contribution in [1.82, 2.24) is 9.97 Å². The largest absolute Gasteiger partial charge is 0.322 e. The van der Waals surface area contributed by atoms with E-state index in [1.54, 1.807) is 36.5 Å². The van der Waals surface area contributed by atoms with E-state index >= 15 is 0 Å². The third-order valence-corrected chi connectivity index (χ3v) is 7.93. The van der Waals surface area contributed by atoms with E-state index in [1.165, 1.54) is 6.92 Å². The van der Waals surface area contributed by atoms with E-state index in [2.05, 4.69) is 20.6 Å². The van der Waals surface area contributed by atoms with Crippen LogP contribution in [0.5, 0.6) is 0 Å².